The van der Waals surface area contributed by atoms with Gasteiger partial charge in [-0.3, -0.25) is 81.5 Å². The van der Waals surface area contributed by atoms with Gasteiger partial charge in [0.15, 0.2) is 0 Å². The van der Waals surface area contributed by atoms with Gasteiger partial charge in [0.1, 0.15) is 72.2 Å². The van der Waals surface area contributed by atoms with Crippen molar-refractivity contribution in [2.45, 2.75) is 219 Å². The first-order valence-corrected chi connectivity index (χ1v) is 32.4. The van der Waals surface area contributed by atoms with Crippen LogP contribution in [0.1, 0.15) is 145 Å². The molecule has 101 heavy (non-hydrogen) atoms. The monoisotopic (exact) mass is 1440 g/mol. The van der Waals surface area contributed by atoms with Crippen molar-refractivity contribution in [3.05, 3.63) is 29.8 Å². The van der Waals surface area contributed by atoms with E-state index in [1.165, 1.54) is 56.9 Å². The Kier molecular flexibility index (Phi) is 37.7. The number of rotatable bonds is 42. The Balaban J connectivity index is 0.0000124. The number of hydrogen-bond donors (Lipinski definition) is 19. The van der Waals surface area contributed by atoms with Crippen LogP contribution in [0.4, 0.5) is 0 Å². The highest BCUT2D eigenvalue weighted by Crippen LogP contribution is 2.23. The van der Waals surface area contributed by atoms with E-state index in [0.717, 1.165) is 13.8 Å². The van der Waals surface area contributed by atoms with Crippen LogP contribution in [0.25, 0.3) is 0 Å². The highest BCUT2D eigenvalue weighted by molar-refractivity contribution is 6.01. The van der Waals surface area contributed by atoms with Crippen molar-refractivity contribution >= 4 is 107 Å². The molecule has 21 N–H and O–H groups in total. The summed E-state index contributed by atoms with van der Waals surface area (Å²) in [5, 5.41) is 89.0. The van der Waals surface area contributed by atoms with Crippen molar-refractivity contribution in [1.29, 1.82) is 0 Å². The number of nitrogens with one attached hydrogen (secondary N) is 10. The second-order valence-corrected chi connectivity index (χ2v) is 25.3. The number of phenolic OH excluding ortho intramolecular Hbond substituents is 1. The minimum Gasteiger partial charge on any atom is -0.508 e. The fourth-order valence-corrected chi connectivity index (χ4v) is 9.92. The summed E-state index contributed by atoms with van der Waals surface area (Å²) in [6.07, 6.45) is -5.17. The van der Waals surface area contributed by atoms with Gasteiger partial charge >= 0.3 is 29.8 Å². The topological polar surface area (TPSA) is 624 Å². The number of amides is 12. The minimum absolute atomic E-state index is 0.0331. The van der Waals surface area contributed by atoms with E-state index in [1.807, 2.05) is 0 Å². The lowest BCUT2D eigenvalue weighted by Gasteiger charge is -2.33. The van der Waals surface area contributed by atoms with Crippen molar-refractivity contribution < 1.29 is 122 Å². The van der Waals surface area contributed by atoms with Crippen LogP contribution in [0.3, 0.4) is 0 Å². The normalized spacial score (nSPS) is 16.1. The standard InChI is InChI=1S/C61H93N13O23.C2H4O2/c1-10-30(8)49(60(95)74-21-11-12-41(74)57(92)66-36(61(96)97)17-19-42(63)76)73-56(91)37(22-27(2)3)68-54(89)38(23-32-13-15-33(75)16-14-32)69-52(87)35(18-20-43(77)78)65-55(90)40(26-46(83)84)67-50(85)31(9)64-53(88)39(25-45(81)82)70-58(93)47(28(4)5)72-59(94)48(29(6)7)71-51(86)34(62)24-44(79)80;1-2(3)4/h13-16,27-31,34-41,47-49,75H,10-12,17-26,62H2,1-9H3,(H2,63,76)(H,64,88)(H,65,90)(H,66,92)(H,67,85)(H,68,89)(H,69,87)(H,70,93)(H,71,86)(H,72,94)(H,73,91)(H,77,78)(H,79,80)(H,81,82)(H,83,84)(H,96,97);1H3,(H,3,4)/t30-,31-,34-,35-,36-,37-,38-,39-,40-,41-,47-,48-,49-;/m0./s1. The number of hydrogen-bond acceptors (Lipinski definition) is 20. The summed E-state index contributed by atoms with van der Waals surface area (Å²) in [4.78, 5) is 233. The third kappa shape index (κ3) is 32.3. The maximum atomic E-state index is 14.6. The molecule has 2 rings (SSSR count). The van der Waals surface area contributed by atoms with Crippen LogP contribution in [0.5, 0.6) is 5.75 Å². The summed E-state index contributed by atoms with van der Waals surface area (Å²) in [7, 11) is 0. The molecule has 0 spiro atoms. The number of nitrogens with two attached hydrogens (primary N) is 2. The number of phenols is 1. The third-order valence-corrected chi connectivity index (χ3v) is 15.5. The molecular weight excluding hydrogens is 1340 g/mol. The Hall–Kier alpha value is -10.6. The van der Waals surface area contributed by atoms with E-state index in [4.69, 9.17) is 26.5 Å². The molecule has 12 amide bonds. The zero-order valence-corrected chi connectivity index (χ0v) is 57.8. The number of aliphatic carboxylic acids is 6. The second-order valence-electron chi connectivity index (χ2n) is 25.3. The molecule has 1 aliphatic heterocycles. The van der Waals surface area contributed by atoms with Crippen molar-refractivity contribution in [2.24, 2.45) is 35.1 Å². The van der Waals surface area contributed by atoms with Crippen LogP contribution in [0.15, 0.2) is 24.3 Å². The molecule has 1 heterocycles. The molecule has 38 nitrogen and oxygen atoms in total. The van der Waals surface area contributed by atoms with Gasteiger partial charge < -0.3 is 105 Å². The molecule has 1 aromatic rings. The molecule has 0 saturated carbocycles. The molecule has 1 fully saturated rings. The lowest BCUT2D eigenvalue weighted by atomic mass is 9.95. The molecule has 38 heteroatoms. The molecular formula is C63H97N13O25. The van der Waals surface area contributed by atoms with Crippen LogP contribution in [0, 0.1) is 23.7 Å². The van der Waals surface area contributed by atoms with Crippen LogP contribution in [-0.4, -0.2) is 226 Å². The molecule has 13 atom stereocenters. The van der Waals surface area contributed by atoms with E-state index >= 15 is 0 Å². The average Bonchev–Trinajstić information content (AvgIpc) is 1.75. The third-order valence-electron chi connectivity index (χ3n) is 15.5. The molecule has 0 aliphatic carbocycles. The molecule has 1 aromatic carbocycles. The van der Waals surface area contributed by atoms with Gasteiger partial charge in [-0.05, 0) is 80.4 Å². The molecule has 1 saturated heterocycles. The van der Waals surface area contributed by atoms with E-state index < -0.39 is 235 Å². The fourth-order valence-electron chi connectivity index (χ4n) is 9.92. The van der Waals surface area contributed by atoms with Gasteiger partial charge in [0.05, 0.1) is 25.3 Å². The van der Waals surface area contributed by atoms with Crippen LogP contribution >= 0.6 is 0 Å². The van der Waals surface area contributed by atoms with E-state index in [1.54, 1.807) is 27.7 Å². The minimum atomic E-state index is -2.13. The number of primary amides is 1. The van der Waals surface area contributed by atoms with Crippen molar-refractivity contribution in [2.75, 3.05) is 6.54 Å². The predicted octanol–water partition coefficient (Wildman–Crippen LogP) is -3.75. The largest absolute Gasteiger partial charge is 0.508 e. The molecule has 0 radical (unpaired) electrons. The number of carboxylic acid groups (broad SMARTS) is 6. The molecule has 564 valence electrons. The Bertz CT molecular complexity index is 3140. The highest BCUT2D eigenvalue weighted by Gasteiger charge is 2.42. The van der Waals surface area contributed by atoms with Gasteiger partial charge in [-0.25, -0.2) is 4.79 Å². The molecule has 1 aliphatic rings. The number of carbonyl (C=O) groups excluding carboxylic acids is 12. The first-order valence-electron chi connectivity index (χ1n) is 32.4. The summed E-state index contributed by atoms with van der Waals surface area (Å²) in [5.74, 6) is -23.8. The van der Waals surface area contributed by atoms with Crippen molar-refractivity contribution in [1.82, 2.24) is 58.1 Å². The summed E-state index contributed by atoms with van der Waals surface area (Å²) < 4.78 is 0. The van der Waals surface area contributed by atoms with Gasteiger partial charge in [-0.2, -0.15) is 0 Å². The Morgan fingerprint density at radius 3 is 1.40 bits per heavy atom. The predicted molar refractivity (Wildman–Crippen MR) is 351 cm³/mol. The van der Waals surface area contributed by atoms with Gasteiger partial charge in [0, 0.05) is 32.7 Å². The first kappa shape index (κ1) is 88.5. The fraction of sp³-hybridized carbons (Fsp3) is 0.619. The summed E-state index contributed by atoms with van der Waals surface area (Å²) >= 11 is 0. The SMILES string of the molecule is CC(=O)O.CC[C@H](C)[C@H](NC(=O)[C@H](CC(C)C)NC(=O)[C@H](Cc1ccc(O)cc1)NC(=O)[C@H](CCC(=O)O)NC(=O)[C@H](CC(=O)O)NC(=O)[C@H](C)NC(=O)[C@H](CC(=O)O)NC(=O)[C@@H](NC(=O)[C@@H](NC(=O)[C@@H](N)CC(=O)O)C(C)C)C(C)C)C(=O)N1CCC[C@H]1C(=O)N[C@@H](CCC(N)=O)C(=O)O. The number of benzene rings is 1. The van der Waals surface area contributed by atoms with E-state index in [0.29, 0.717) is 12.8 Å². The second kappa shape index (κ2) is 43.1. The number of carboxylic acids is 6. The van der Waals surface area contributed by atoms with E-state index in [-0.39, 0.29) is 49.5 Å². The number of aromatic hydroxyl groups is 1. The molecule has 0 unspecified atom stereocenters. The van der Waals surface area contributed by atoms with Crippen LogP contribution in [-0.2, 0) is 92.7 Å². The molecule has 0 aromatic heterocycles. The van der Waals surface area contributed by atoms with E-state index in [9.17, 15) is 107 Å². The van der Waals surface area contributed by atoms with Crippen molar-refractivity contribution in [3.63, 3.8) is 0 Å². The highest BCUT2D eigenvalue weighted by atomic mass is 16.4. The van der Waals surface area contributed by atoms with Gasteiger partial charge in [0.25, 0.3) is 5.97 Å². The number of likely N-dealkylation sites (tertiary alicyclic amines) is 1. The summed E-state index contributed by atoms with van der Waals surface area (Å²) in [6.45, 7) is 14.8. The smallest absolute Gasteiger partial charge is 0.326 e. The summed E-state index contributed by atoms with van der Waals surface area (Å²) in [6, 6.07) is -14.3. The summed E-state index contributed by atoms with van der Waals surface area (Å²) in [5.41, 5.74) is 11.1. The zero-order valence-electron chi connectivity index (χ0n) is 57.8. The van der Waals surface area contributed by atoms with Gasteiger partial charge in [0.2, 0.25) is 70.9 Å². The van der Waals surface area contributed by atoms with Gasteiger partial charge in [-0.15, -0.1) is 0 Å². The van der Waals surface area contributed by atoms with Crippen molar-refractivity contribution in [3.8, 4) is 5.75 Å². The average molecular weight is 1440 g/mol. The Morgan fingerprint density at radius 1 is 0.495 bits per heavy atom. The lowest BCUT2D eigenvalue weighted by Crippen LogP contribution is -2.61. The van der Waals surface area contributed by atoms with Gasteiger partial charge in [-0.1, -0.05) is 73.9 Å². The maximum absolute atomic E-state index is 14.6. The van der Waals surface area contributed by atoms with E-state index in [2.05, 4.69) is 53.2 Å². The Morgan fingerprint density at radius 2 is 0.921 bits per heavy atom. The van der Waals surface area contributed by atoms with Crippen LogP contribution < -0.4 is 64.6 Å². The molecule has 0 bridgehead atoms. The first-order chi connectivity index (χ1) is 46.9. The number of nitrogens with zero attached hydrogens (tertiary/aromatic N) is 1. The number of carbonyl (C=O) groups is 18. The maximum Gasteiger partial charge on any atom is 0.326 e. The van der Waals surface area contributed by atoms with Crippen LogP contribution in [0.2, 0.25) is 0 Å². The lowest BCUT2D eigenvalue weighted by molar-refractivity contribution is -0.146. The Labute approximate surface area is 581 Å². The zero-order chi connectivity index (χ0) is 77.5. The quantitative estimate of drug-likeness (QED) is 0.0299.